The second-order valence-electron chi connectivity index (χ2n) is 5.17. The molecule has 0 aliphatic carbocycles. The Morgan fingerprint density at radius 3 is 1.88 bits per heavy atom. The third-order valence-electron chi connectivity index (χ3n) is 3.41. The normalized spacial score (nSPS) is 13.2. The molecule has 0 aliphatic rings. The molecule has 104 valence electrons. The molecule has 2 heteroatoms. The Balaban J connectivity index is 4.04. The van der Waals surface area contributed by atoms with E-state index in [1.54, 1.807) is 0 Å². The monoisotopic (exact) mass is 259 g/mol. The standard InChI is InChI=1S/C15H33NS/c1-4-7-11-16(12-8-5-2)14-15(9-6-3)10-13-17/h15,17H,4-14H2,1-3H3. The van der Waals surface area contributed by atoms with Gasteiger partial charge in [-0.1, -0.05) is 40.0 Å². The van der Waals surface area contributed by atoms with Gasteiger partial charge in [0, 0.05) is 6.54 Å². The van der Waals surface area contributed by atoms with Gasteiger partial charge >= 0.3 is 0 Å². The van der Waals surface area contributed by atoms with E-state index in [0.29, 0.717) is 0 Å². The summed E-state index contributed by atoms with van der Waals surface area (Å²) in [5.41, 5.74) is 0. The molecule has 0 heterocycles. The van der Waals surface area contributed by atoms with Crippen LogP contribution in [0, 0.1) is 5.92 Å². The van der Waals surface area contributed by atoms with E-state index in [0.717, 1.165) is 11.7 Å². The molecule has 0 radical (unpaired) electrons. The zero-order valence-electron chi connectivity index (χ0n) is 12.2. The first-order valence-corrected chi connectivity index (χ1v) is 8.24. The highest BCUT2D eigenvalue weighted by Crippen LogP contribution is 2.15. The van der Waals surface area contributed by atoms with Crippen LogP contribution >= 0.6 is 12.6 Å². The highest BCUT2D eigenvalue weighted by molar-refractivity contribution is 7.80. The summed E-state index contributed by atoms with van der Waals surface area (Å²) in [6.45, 7) is 10.8. The van der Waals surface area contributed by atoms with E-state index in [1.165, 1.54) is 64.6 Å². The maximum absolute atomic E-state index is 4.40. The van der Waals surface area contributed by atoms with Crippen LogP contribution in [-0.4, -0.2) is 30.3 Å². The van der Waals surface area contributed by atoms with Gasteiger partial charge < -0.3 is 4.90 Å². The van der Waals surface area contributed by atoms with Crippen LogP contribution in [0.5, 0.6) is 0 Å². The summed E-state index contributed by atoms with van der Waals surface area (Å²) in [7, 11) is 0. The quantitative estimate of drug-likeness (QED) is 0.500. The lowest BCUT2D eigenvalue weighted by Gasteiger charge is -2.27. The van der Waals surface area contributed by atoms with Gasteiger partial charge in [-0.2, -0.15) is 12.6 Å². The molecule has 0 amide bonds. The van der Waals surface area contributed by atoms with Crippen LogP contribution in [-0.2, 0) is 0 Å². The topological polar surface area (TPSA) is 3.24 Å². The summed E-state index contributed by atoms with van der Waals surface area (Å²) in [6.07, 6.45) is 9.29. The van der Waals surface area contributed by atoms with Gasteiger partial charge in [0.25, 0.3) is 0 Å². The molecule has 0 fully saturated rings. The number of unbranched alkanes of at least 4 members (excludes halogenated alkanes) is 2. The van der Waals surface area contributed by atoms with Gasteiger partial charge in [0.05, 0.1) is 0 Å². The van der Waals surface area contributed by atoms with Crippen molar-refractivity contribution in [1.82, 2.24) is 4.90 Å². The van der Waals surface area contributed by atoms with Crippen LogP contribution in [0.3, 0.4) is 0 Å². The van der Waals surface area contributed by atoms with Gasteiger partial charge in [-0.3, -0.25) is 0 Å². The summed E-state index contributed by atoms with van der Waals surface area (Å²) < 4.78 is 0. The maximum atomic E-state index is 4.40. The molecular weight excluding hydrogens is 226 g/mol. The molecule has 17 heavy (non-hydrogen) atoms. The van der Waals surface area contributed by atoms with Crippen LogP contribution in [0.2, 0.25) is 0 Å². The largest absolute Gasteiger partial charge is 0.303 e. The zero-order valence-corrected chi connectivity index (χ0v) is 13.1. The first-order chi connectivity index (χ1) is 8.28. The maximum Gasteiger partial charge on any atom is 0.000995 e. The van der Waals surface area contributed by atoms with Gasteiger partial charge in [-0.25, -0.2) is 0 Å². The fraction of sp³-hybridized carbons (Fsp3) is 1.00. The second-order valence-corrected chi connectivity index (χ2v) is 5.62. The Labute approximate surface area is 115 Å². The minimum absolute atomic E-state index is 0.867. The highest BCUT2D eigenvalue weighted by atomic mass is 32.1. The molecule has 0 N–H and O–H groups in total. The van der Waals surface area contributed by atoms with Crippen LogP contribution in [0.4, 0.5) is 0 Å². The van der Waals surface area contributed by atoms with Crippen molar-refractivity contribution in [2.45, 2.75) is 65.7 Å². The molecule has 0 aliphatic heterocycles. The predicted molar refractivity (Wildman–Crippen MR) is 83.1 cm³/mol. The molecule has 0 aromatic carbocycles. The number of rotatable bonds is 12. The molecule has 1 nitrogen and oxygen atoms in total. The Hall–Kier alpha value is 0.310. The SMILES string of the molecule is CCCCN(CCCC)CC(CCC)CCS. The first-order valence-electron chi connectivity index (χ1n) is 7.61. The van der Waals surface area contributed by atoms with E-state index >= 15 is 0 Å². The molecule has 0 bridgehead atoms. The van der Waals surface area contributed by atoms with E-state index in [-0.39, 0.29) is 0 Å². The number of hydrogen-bond acceptors (Lipinski definition) is 2. The van der Waals surface area contributed by atoms with Crippen molar-refractivity contribution < 1.29 is 0 Å². The summed E-state index contributed by atoms with van der Waals surface area (Å²) in [4.78, 5) is 2.69. The highest BCUT2D eigenvalue weighted by Gasteiger charge is 2.12. The van der Waals surface area contributed by atoms with Crippen molar-refractivity contribution in [3.8, 4) is 0 Å². The van der Waals surface area contributed by atoms with Gasteiger partial charge in [0.1, 0.15) is 0 Å². The van der Waals surface area contributed by atoms with Crippen molar-refractivity contribution >= 4 is 12.6 Å². The average Bonchev–Trinajstić information content (AvgIpc) is 2.33. The van der Waals surface area contributed by atoms with Crippen molar-refractivity contribution in [2.75, 3.05) is 25.4 Å². The number of nitrogens with zero attached hydrogens (tertiary/aromatic N) is 1. The van der Waals surface area contributed by atoms with E-state index in [1.807, 2.05) is 0 Å². The lowest BCUT2D eigenvalue weighted by Crippen LogP contribution is -2.31. The van der Waals surface area contributed by atoms with E-state index in [2.05, 4.69) is 38.3 Å². The summed E-state index contributed by atoms with van der Waals surface area (Å²) in [5, 5.41) is 0. The van der Waals surface area contributed by atoms with Crippen LogP contribution in [0.15, 0.2) is 0 Å². The van der Waals surface area contributed by atoms with Crippen molar-refractivity contribution in [2.24, 2.45) is 5.92 Å². The van der Waals surface area contributed by atoms with Gasteiger partial charge in [0.15, 0.2) is 0 Å². The minimum Gasteiger partial charge on any atom is -0.303 e. The Kier molecular flexibility index (Phi) is 13.0. The minimum atomic E-state index is 0.867. The van der Waals surface area contributed by atoms with Gasteiger partial charge in [0.2, 0.25) is 0 Å². The molecule has 0 aromatic heterocycles. The third-order valence-corrected chi connectivity index (χ3v) is 3.66. The fourth-order valence-electron chi connectivity index (χ4n) is 2.34. The second kappa shape index (κ2) is 12.8. The van der Waals surface area contributed by atoms with Crippen molar-refractivity contribution in [3.63, 3.8) is 0 Å². The van der Waals surface area contributed by atoms with Crippen LogP contribution in [0.1, 0.15) is 65.7 Å². The van der Waals surface area contributed by atoms with E-state index < -0.39 is 0 Å². The Morgan fingerprint density at radius 2 is 1.47 bits per heavy atom. The fourth-order valence-corrected chi connectivity index (χ4v) is 2.71. The van der Waals surface area contributed by atoms with E-state index in [4.69, 9.17) is 0 Å². The molecule has 0 aromatic rings. The molecule has 0 saturated carbocycles. The summed E-state index contributed by atoms with van der Waals surface area (Å²) in [6, 6.07) is 0. The summed E-state index contributed by atoms with van der Waals surface area (Å²) >= 11 is 4.40. The Morgan fingerprint density at radius 1 is 0.882 bits per heavy atom. The summed E-state index contributed by atoms with van der Waals surface area (Å²) in [5.74, 6) is 1.91. The third kappa shape index (κ3) is 9.96. The molecular formula is C15H33NS. The lowest BCUT2D eigenvalue weighted by atomic mass is 9.99. The number of thiol groups is 1. The average molecular weight is 260 g/mol. The van der Waals surface area contributed by atoms with Crippen LogP contribution < -0.4 is 0 Å². The molecule has 0 saturated heterocycles. The molecule has 1 unspecified atom stereocenters. The van der Waals surface area contributed by atoms with Crippen molar-refractivity contribution in [1.29, 1.82) is 0 Å². The molecule has 0 rings (SSSR count). The Bertz CT molecular complexity index is 136. The number of hydrogen-bond donors (Lipinski definition) is 1. The smallest absolute Gasteiger partial charge is 0.000995 e. The van der Waals surface area contributed by atoms with Crippen molar-refractivity contribution in [3.05, 3.63) is 0 Å². The molecule has 0 spiro atoms. The van der Waals surface area contributed by atoms with Gasteiger partial charge in [-0.05, 0) is 50.4 Å². The van der Waals surface area contributed by atoms with Crippen LogP contribution in [0.25, 0.3) is 0 Å². The zero-order chi connectivity index (χ0) is 12.9. The van der Waals surface area contributed by atoms with E-state index in [9.17, 15) is 0 Å². The van der Waals surface area contributed by atoms with Gasteiger partial charge in [-0.15, -0.1) is 0 Å². The predicted octanol–water partition coefficient (Wildman–Crippen LogP) is 4.62. The lowest BCUT2D eigenvalue weighted by molar-refractivity contribution is 0.215. The molecule has 1 atom stereocenters. The first kappa shape index (κ1) is 17.3.